The number of hydrogen-bond donors (Lipinski definition) is 3. The third-order valence-corrected chi connectivity index (χ3v) is 5.63. The van der Waals surface area contributed by atoms with Crippen LogP contribution in [0.5, 0.6) is 0 Å². The van der Waals surface area contributed by atoms with E-state index >= 15 is 0 Å². The normalized spacial score (nSPS) is 14.3. The van der Waals surface area contributed by atoms with E-state index in [9.17, 15) is 14.7 Å². The Hall–Kier alpha value is 0.660. The minimum atomic E-state index is -4.22. The number of thioether (sulfide) groups is 1. The third-order valence-electron chi connectivity index (χ3n) is 3.11. The minimum absolute atomic E-state index is 0.142. The van der Waals surface area contributed by atoms with Crippen LogP contribution >= 0.6 is 19.0 Å². The van der Waals surface area contributed by atoms with Gasteiger partial charge in [0.15, 0.2) is 0 Å². The van der Waals surface area contributed by atoms with Crippen LogP contribution in [-0.4, -0.2) is 39.0 Å². The van der Waals surface area contributed by atoms with Gasteiger partial charge in [-0.15, -0.1) is 0 Å². The van der Waals surface area contributed by atoms with Crippen molar-refractivity contribution in [2.24, 2.45) is 0 Å². The summed E-state index contributed by atoms with van der Waals surface area (Å²) in [5.41, 5.74) is 0. The molecule has 0 saturated carbocycles. The van der Waals surface area contributed by atoms with Crippen LogP contribution in [0.1, 0.15) is 64.7 Å². The predicted molar refractivity (Wildman–Crippen MR) is 88.9 cm³/mol. The van der Waals surface area contributed by atoms with Crippen molar-refractivity contribution in [2.45, 2.75) is 64.7 Å². The van der Waals surface area contributed by atoms with Gasteiger partial charge in [0.05, 0.1) is 0 Å². The molecule has 0 amide bonds. The summed E-state index contributed by atoms with van der Waals surface area (Å²) in [6.07, 6.45) is 11.2. The monoisotopic (exact) mass is 312 g/mol. The van der Waals surface area contributed by atoms with Crippen molar-refractivity contribution in [1.29, 1.82) is 0 Å². The summed E-state index contributed by atoms with van der Waals surface area (Å²) >= 11 is 1.94. The fourth-order valence-corrected chi connectivity index (χ4v) is 3.93. The average molecular weight is 312 g/mol. The van der Waals surface area contributed by atoms with E-state index in [0.717, 1.165) is 18.8 Å². The molecule has 0 aromatic carbocycles. The van der Waals surface area contributed by atoms with Gasteiger partial charge >= 0.3 is 109 Å². The van der Waals surface area contributed by atoms with Gasteiger partial charge < -0.3 is 0 Å². The molecule has 118 valence electrons. The van der Waals surface area contributed by atoms with Gasteiger partial charge in [0.1, 0.15) is 0 Å². The van der Waals surface area contributed by atoms with Crippen molar-refractivity contribution >= 4 is 19.0 Å². The topological polar surface area (TPSA) is 60.7 Å². The van der Waals surface area contributed by atoms with E-state index in [0.29, 0.717) is 6.42 Å². The quantitative estimate of drug-likeness (QED) is 0.353. The summed E-state index contributed by atoms with van der Waals surface area (Å²) in [6, 6.07) is 0. The third kappa shape index (κ3) is 18.7. The van der Waals surface area contributed by atoms with Gasteiger partial charge in [-0.3, -0.25) is 0 Å². The van der Waals surface area contributed by atoms with E-state index in [1.165, 1.54) is 50.7 Å². The Labute approximate surface area is 123 Å². The van der Waals surface area contributed by atoms with E-state index in [1.54, 1.807) is 0 Å². The van der Waals surface area contributed by atoms with Gasteiger partial charge in [-0.05, 0) is 0 Å². The molecule has 0 heterocycles. The zero-order valence-corrected chi connectivity index (χ0v) is 14.4. The maximum absolute atomic E-state index is 9.28. The molecule has 0 spiro atoms. The van der Waals surface area contributed by atoms with E-state index in [-0.39, 0.29) is 6.16 Å². The Morgan fingerprint density at radius 2 is 1.21 bits per heavy atom. The number of rotatable bonds is 13. The van der Waals surface area contributed by atoms with Gasteiger partial charge in [0.2, 0.25) is 0 Å². The van der Waals surface area contributed by atoms with Gasteiger partial charge in [0.25, 0.3) is 0 Å². The fourth-order valence-electron chi connectivity index (χ4n) is 1.95. The predicted octanol–water partition coefficient (Wildman–Crippen LogP) is 4.16. The molecule has 0 radical (unpaired) electrons. The van der Waals surface area contributed by atoms with E-state index in [1.807, 2.05) is 11.8 Å². The Balaban J connectivity index is 3.12. The van der Waals surface area contributed by atoms with Crippen LogP contribution in [0.4, 0.5) is 0 Å². The van der Waals surface area contributed by atoms with Crippen molar-refractivity contribution in [3.8, 4) is 0 Å². The molecule has 0 bridgehead atoms. The number of hydrogen-bond acceptors (Lipinski definition) is 4. The second kappa shape index (κ2) is 10.4. The molecule has 0 aliphatic heterocycles. The van der Waals surface area contributed by atoms with E-state index < -0.39 is 7.28 Å². The molecule has 0 saturated heterocycles. The zero-order chi connectivity index (χ0) is 14.6. The van der Waals surface area contributed by atoms with E-state index in [2.05, 4.69) is 6.92 Å². The summed E-state index contributed by atoms with van der Waals surface area (Å²) in [5, 5.41) is 0. The molecule has 0 aromatic heterocycles. The van der Waals surface area contributed by atoms with Crippen molar-refractivity contribution in [2.75, 3.05) is 24.3 Å². The van der Waals surface area contributed by atoms with Gasteiger partial charge in [-0.25, -0.2) is 0 Å². The second-order valence-corrected chi connectivity index (χ2v) is 10.7. The first-order valence-electron chi connectivity index (χ1n) is 7.65. The van der Waals surface area contributed by atoms with Crippen LogP contribution in [0.3, 0.4) is 0 Å². The summed E-state index contributed by atoms with van der Waals surface area (Å²) in [7, 11) is -4.22. The molecule has 0 aromatic rings. The first kappa shape index (κ1) is 19.7. The summed E-state index contributed by atoms with van der Waals surface area (Å²) in [6.45, 7) is 3.41. The molecule has 19 heavy (non-hydrogen) atoms. The van der Waals surface area contributed by atoms with Crippen LogP contribution in [-0.2, 0) is 0 Å². The standard InChI is InChI=1S/C14H33O3PS/c1-3-4-5-6-7-8-10-13-19-14-11-9-12-18(2,15,16)17/h15-17H,3-14H2,1-2H3. The fraction of sp³-hybridized carbons (Fsp3) is 1.00. The number of unbranched alkanes of at least 4 members (excludes halogenated alkanes) is 7. The van der Waals surface area contributed by atoms with Crippen molar-refractivity contribution in [3.63, 3.8) is 0 Å². The maximum atomic E-state index is 9.28. The van der Waals surface area contributed by atoms with Crippen LogP contribution in [0.15, 0.2) is 0 Å². The Morgan fingerprint density at radius 3 is 1.74 bits per heavy atom. The molecule has 0 aliphatic rings. The Bertz CT molecular complexity index is 207. The van der Waals surface area contributed by atoms with Crippen LogP contribution in [0, 0.1) is 0 Å². The Morgan fingerprint density at radius 1 is 0.737 bits per heavy atom. The summed E-state index contributed by atoms with van der Waals surface area (Å²) < 4.78 is 0. The van der Waals surface area contributed by atoms with Crippen LogP contribution in [0.2, 0.25) is 0 Å². The van der Waals surface area contributed by atoms with Crippen molar-refractivity contribution < 1.29 is 14.7 Å². The summed E-state index contributed by atoms with van der Waals surface area (Å²) in [4.78, 5) is 27.8. The van der Waals surface area contributed by atoms with Crippen molar-refractivity contribution in [1.82, 2.24) is 0 Å². The molecular formula is C14H33O3PS. The van der Waals surface area contributed by atoms with Gasteiger partial charge in [-0.1, -0.05) is 13.3 Å². The van der Waals surface area contributed by atoms with Gasteiger partial charge in [-0.2, -0.15) is 0 Å². The average Bonchev–Trinajstić information content (AvgIpc) is 2.28. The molecule has 0 atom stereocenters. The van der Waals surface area contributed by atoms with E-state index in [4.69, 9.17) is 0 Å². The zero-order valence-electron chi connectivity index (χ0n) is 12.7. The molecule has 0 unspecified atom stereocenters. The molecule has 5 heteroatoms. The van der Waals surface area contributed by atoms with Crippen molar-refractivity contribution in [3.05, 3.63) is 0 Å². The molecule has 3 nitrogen and oxygen atoms in total. The molecule has 0 aliphatic carbocycles. The molecule has 0 rings (SSSR count). The van der Waals surface area contributed by atoms with Crippen LogP contribution < -0.4 is 0 Å². The van der Waals surface area contributed by atoms with Crippen LogP contribution in [0.25, 0.3) is 0 Å². The molecule has 3 N–H and O–H groups in total. The first-order chi connectivity index (χ1) is 8.81. The molecule has 0 fully saturated rings. The van der Waals surface area contributed by atoms with Gasteiger partial charge in [0, 0.05) is 0 Å². The SMILES string of the molecule is CCCCCCCCCSCCCCP(C)(O)(O)O. The molecular weight excluding hydrogens is 279 g/mol. The summed E-state index contributed by atoms with van der Waals surface area (Å²) in [5.74, 6) is 2.27. The first-order valence-corrected chi connectivity index (χ1v) is 11.5. The second-order valence-electron chi connectivity index (χ2n) is 5.77. The Kier molecular flexibility index (Phi) is 10.8.